The van der Waals surface area contributed by atoms with Gasteiger partial charge in [0.15, 0.2) is 0 Å². The van der Waals surface area contributed by atoms with E-state index >= 15 is 0 Å². The van der Waals surface area contributed by atoms with Crippen LogP contribution in [0.1, 0.15) is 18.9 Å². The molecule has 2 nitrogen and oxygen atoms in total. The fourth-order valence-electron chi connectivity index (χ4n) is 2.84. The smallest absolute Gasteiger partial charge is 0.0463 e. The maximum absolute atomic E-state index is 3.63. The molecule has 2 aliphatic heterocycles. The first-order valence-corrected chi connectivity index (χ1v) is 6.68. The molecule has 2 aliphatic rings. The highest BCUT2D eigenvalue weighted by Gasteiger charge is 2.24. The second-order valence-electron chi connectivity index (χ2n) is 5.33. The summed E-state index contributed by atoms with van der Waals surface area (Å²) in [6.45, 7) is 4.54. The number of dihydropyridines is 1. The number of nitrogens with zero attached hydrogens (tertiary/aromatic N) is 1. The van der Waals surface area contributed by atoms with Crippen molar-refractivity contribution in [3.63, 3.8) is 0 Å². The van der Waals surface area contributed by atoms with Crippen molar-refractivity contribution in [2.24, 2.45) is 0 Å². The highest BCUT2D eigenvalue weighted by molar-refractivity contribution is 5.69. The molecule has 0 radical (unpaired) electrons. The third kappa shape index (κ3) is 2.08. The SMILES string of the molecule is CC1NC(c2ccccc2)=CC2=C1CN(C)CC2. The zero-order valence-corrected chi connectivity index (χ0v) is 11.1. The average Bonchev–Trinajstić information content (AvgIpc) is 2.40. The largest absolute Gasteiger partial charge is 0.378 e. The second-order valence-corrected chi connectivity index (χ2v) is 5.33. The first-order chi connectivity index (χ1) is 8.74. The van der Waals surface area contributed by atoms with Crippen LogP contribution in [0.2, 0.25) is 0 Å². The van der Waals surface area contributed by atoms with Crippen LogP contribution in [0.3, 0.4) is 0 Å². The van der Waals surface area contributed by atoms with Gasteiger partial charge in [-0.1, -0.05) is 30.3 Å². The maximum Gasteiger partial charge on any atom is 0.0463 e. The van der Waals surface area contributed by atoms with Crippen LogP contribution in [-0.4, -0.2) is 31.1 Å². The lowest BCUT2D eigenvalue weighted by atomic mass is 9.90. The van der Waals surface area contributed by atoms with Gasteiger partial charge in [-0.15, -0.1) is 0 Å². The van der Waals surface area contributed by atoms with Gasteiger partial charge in [0.25, 0.3) is 0 Å². The fourth-order valence-corrected chi connectivity index (χ4v) is 2.84. The number of benzene rings is 1. The van der Waals surface area contributed by atoms with Gasteiger partial charge in [0, 0.05) is 24.8 Å². The molecule has 3 rings (SSSR count). The number of rotatable bonds is 1. The van der Waals surface area contributed by atoms with Crippen LogP contribution in [0.4, 0.5) is 0 Å². The summed E-state index contributed by atoms with van der Waals surface area (Å²) < 4.78 is 0. The lowest BCUT2D eigenvalue weighted by Crippen LogP contribution is -2.39. The lowest BCUT2D eigenvalue weighted by molar-refractivity contribution is 0.338. The Hall–Kier alpha value is -1.54. The Morgan fingerprint density at radius 2 is 2.00 bits per heavy atom. The van der Waals surface area contributed by atoms with Crippen LogP contribution in [0, 0.1) is 0 Å². The molecular formula is C16H20N2. The number of hydrogen-bond acceptors (Lipinski definition) is 2. The Labute approximate surface area is 109 Å². The second kappa shape index (κ2) is 4.62. The molecule has 1 atom stereocenters. The lowest BCUT2D eigenvalue weighted by Gasteiger charge is -2.35. The summed E-state index contributed by atoms with van der Waals surface area (Å²) in [5, 5.41) is 3.63. The van der Waals surface area contributed by atoms with Crippen molar-refractivity contribution in [3.8, 4) is 0 Å². The molecule has 1 aromatic carbocycles. The monoisotopic (exact) mass is 240 g/mol. The van der Waals surface area contributed by atoms with E-state index in [-0.39, 0.29) is 0 Å². The highest BCUT2D eigenvalue weighted by atomic mass is 15.1. The van der Waals surface area contributed by atoms with E-state index in [0.29, 0.717) is 6.04 Å². The number of nitrogens with one attached hydrogen (secondary N) is 1. The topological polar surface area (TPSA) is 15.3 Å². The van der Waals surface area contributed by atoms with Crippen molar-refractivity contribution in [1.82, 2.24) is 10.2 Å². The minimum Gasteiger partial charge on any atom is -0.378 e. The zero-order chi connectivity index (χ0) is 12.5. The predicted octanol–water partition coefficient (Wildman–Crippen LogP) is 2.65. The van der Waals surface area contributed by atoms with E-state index in [0.717, 1.165) is 6.54 Å². The highest BCUT2D eigenvalue weighted by Crippen LogP contribution is 2.29. The van der Waals surface area contributed by atoms with E-state index in [1.54, 1.807) is 11.1 Å². The number of likely N-dealkylation sites (N-methyl/N-ethyl adjacent to an activating group) is 1. The molecule has 0 fully saturated rings. The first kappa shape index (κ1) is 11.5. The molecule has 94 valence electrons. The van der Waals surface area contributed by atoms with E-state index in [1.807, 2.05) is 0 Å². The van der Waals surface area contributed by atoms with Gasteiger partial charge in [-0.2, -0.15) is 0 Å². The van der Waals surface area contributed by atoms with Crippen LogP contribution in [-0.2, 0) is 0 Å². The minimum absolute atomic E-state index is 0.447. The quantitative estimate of drug-likeness (QED) is 0.812. The molecule has 1 N–H and O–H groups in total. The average molecular weight is 240 g/mol. The molecule has 1 unspecified atom stereocenters. The van der Waals surface area contributed by atoms with Gasteiger partial charge >= 0.3 is 0 Å². The van der Waals surface area contributed by atoms with Gasteiger partial charge in [0.05, 0.1) is 0 Å². The van der Waals surface area contributed by atoms with Crippen molar-refractivity contribution in [2.75, 3.05) is 20.1 Å². The van der Waals surface area contributed by atoms with E-state index < -0.39 is 0 Å². The van der Waals surface area contributed by atoms with Gasteiger partial charge in [-0.05, 0) is 43.2 Å². The molecule has 2 heterocycles. The van der Waals surface area contributed by atoms with E-state index in [2.05, 4.69) is 60.6 Å². The third-order valence-corrected chi connectivity index (χ3v) is 3.91. The van der Waals surface area contributed by atoms with Gasteiger partial charge < -0.3 is 10.2 Å². The Bertz CT molecular complexity index is 499. The van der Waals surface area contributed by atoms with Gasteiger partial charge in [0.1, 0.15) is 0 Å². The predicted molar refractivity (Wildman–Crippen MR) is 76.2 cm³/mol. The van der Waals surface area contributed by atoms with Crippen LogP contribution >= 0.6 is 0 Å². The maximum atomic E-state index is 3.63. The molecule has 0 amide bonds. The molecule has 0 saturated carbocycles. The van der Waals surface area contributed by atoms with E-state index in [1.165, 1.54) is 24.2 Å². The Balaban J connectivity index is 1.96. The molecule has 0 bridgehead atoms. The summed E-state index contributed by atoms with van der Waals surface area (Å²) in [5.74, 6) is 0. The van der Waals surface area contributed by atoms with Gasteiger partial charge in [-0.3, -0.25) is 0 Å². The normalized spacial score (nSPS) is 24.3. The van der Waals surface area contributed by atoms with Crippen molar-refractivity contribution in [1.29, 1.82) is 0 Å². The van der Waals surface area contributed by atoms with Crippen molar-refractivity contribution >= 4 is 5.70 Å². The Morgan fingerprint density at radius 3 is 2.78 bits per heavy atom. The first-order valence-electron chi connectivity index (χ1n) is 6.68. The fraction of sp³-hybridized carbons (Fsp3) is 0.375. The molecule has 18 heavy (non-hydrogen) atoms. The standard InChI is InChI=1S/C16H20N2/c1-12-15-11-18(2)9-8-14(15)10-16(17-12)13-6-4-3-5-7-13/h3-7,10,12,17H,8-9,11H2,1-2H3. The molecule has 1 aromatic rings. The summed E-state index contributed by atoms with van der Waals surface area (Å²) in [7, 11) is 2.20. The van der Waals surface area contributed by atoms with Crippen molar-refractivity contribution in [2.45, 2.75) is 19.4 Å². The zero-order valence-electron chi connectivity index (χ0n) is 11.1. The summed E-state index contributed by atoms with van der Waals surface area (Å²) in [6, 6.07) is 11.1. The summed E-state index contributed by atoms with van der Waals surface area (Å²) in [6.07, 6.45) is 3.52. The summed E-state index contributed by atoms with van der Waals surface area (Å²) in [4.78, 5) is 2.40. The Morgan fingerprint density at radius 1 is 1.22 bits per heavy atom. The van der Waals surface area contributed by atoms with Crippen LogP contribution in [0.25, 0.3) is 5.70 Å². The van der Waals surface area contributed by atoms with E-state index in [9.17, 15) is 0 Å². The van der Waals surface area contributed by atoms with E-state index in [4.69, 9.17) is 0 Å². The summed E-state index contributed by atoms with van der Waals surface area (Å²) in [5.41, 5.74) is 5.66. The van der Waals surface area contributed by atoms with Gasteiger partial charge in [0.2, 0.25) is 0 Å². The third-order valence-electron chi connectivity index (χ3n) is 3.91. The van der Waals surface area contributed by atoms with Crippen LogP contribution in [0.15, 0.2) is 47.6 Å². The Kier molecular flexibility index (Phi) is 2.96. The minimum atomic E-state index is 0.447. The number of hydrogen-bond donors (Lipinski definition) is 1. The molecular weight excluding hydrogens is 220 g/mol. The summed E-state index contributed by atoms with van der Waals surface area (Å²) >= 11 is 0. The number of allylic oxidation sites excluding steroid dienone is 1. The molecule has 2 heteroatoms. The van der Waals surface area contributed by atoms with Crippen LogP contribution in [0.5, 0.6) is 0 Å². The molecule has 0 saturated heterocycles. The van der Waals surface area contributed by atoms with Crippen molar-refractivity contribution in [3.05, 3.63) is 53.1 Å². The molecule has 0 spiro atoms. The van der Waals surface area contributed by atoms with Crippen molar-refractivity contribution < 1.29 is 0 Å². The van der Waals surface area contributed by atoms with Crippen LogP contribution < -0.4 is 5.32 Å². The molecule has 0 aliphatic carbocycles. The van der Waals surface area contributed by atoms with Gasteiger partial charge in [-0.25, -0.2) is 0 Å². The molecule has 0 aromatic heterocycles.